The Morgan fingerprint density at radius 2 is 2.38 bits per heavy atom. The zero-order chi connectivity index (χ0) is 9.84. The van der Waals surface area contributed by atoms with Crippen LogP contribution in [0.25, 0.3) is 0 Å². The van der Waals surface area contributed by atoms with Gasteiger partial charge in [-0.3, -0.25) is 0 Å². The van der Waals surface area contributed by atoms with Gasteiger partial charge in [-0.25, -0.2) is 4.79 Å². The molecule has 5 nitrogen and oxygen atoms in total. The molecule has 72 valence electrons. The number of ether oxygens (including phenoxy) is 1. The Bertz CT molecular complexity index is 234. The van der Waals surface area contributed by atoms with E-state index >= 15 is 0 Å². The Balaban J connectivity index is 2.52. The number of carbonyl (C=O) groups excluding carboxylic acids is 1. The van der Waals surface area contributed by atoms with Crippen molar-refractivity contribution in [1.29, 1.82) is 5.26 Å². The molecule has 1 heterocycles. The van der Waals surface area contributed by atoms with Crippen LogP contribution in [0.15, 0.2) is 0 Å². The quantitative estimate of drug-likeness (QED) is 0.526. The molecule has 1 aliphatic heterocycles. The highest BCUT2D eigenvalue weighted by Crippen LogP contribution is 2.05. The van der Waals surface area contributed by atoms with Crippen LogP contribution in [0.3, 0.4) is 0 Å². The highest BCUT2D eigenvalue weighted by atomic mass is 16.5. The van der Waals surface area contributed by atoms with Crippen LogP contribution in [0.4, 0.5) is 4.79 Å². The first-order valence-corrected chi connectivity index (χ1v) is 4.12. The van der Waals surface area contributed by atoms with Gasteiger partial charge in [-0.1, -0.05) is 0 Å². The number of hydrogen-bond donors (Lipinski definition) is 0. The molecular formula is C8H13N3O2. The number of nitrogens with zero attached hydrogens (tertiary/aromatic N) is 3. The normalized spacial score (nSPS) is 22.2. The Hall–Kier alpha value is -1.28. The molecule has 1 saturated heterocycles. The van der Waals surface area contributed by atoms with Gasteiger partial charge in [0.25, 0.3) is 0 Å². The topological polar surface area (TPSA) is 56.6 Å². The molecule has 0 spiro atoms. The molecule has 1 aliphatic rings. The van der Waals surface area contributed by atoms with Crippen LogP contribution in [0.2, 0.25) is 0 Å². The predicted octanol–water partition coefficient (Wildman–Crippen LogP) is -0.108. The number of morpholine rings is 1. The monoisotopic (exact) mass is 183 g/mol. The Kier molecular flexibility index (Phi) is 3.09. The van der Waals surface area contributed by atoms with Crippen molar-refractivity contribution in [3.05, 3.63) is 0 Å². The summed E-state index contributed by atoms with van der Waals surface area (Å²) in [6.07, 6.45) is -0.474. The van der Waals surface area contributed by atoms with Gasteiger partial charge in [-0.2, -0.15) is 5.26 Å². The first kappa shape index (κ1) is 9.81. The molecule has 1 rings (SSSR count). The Morgan fingerprint density at radius 3 is 2.92 bits per heavy atom. The second-order valence-corrected chi connectivity index (χ2v) is 3.11. The van der Waals surface area contributed by atoms with Gasteiger partial charge < -0.3 is 14.5 Å². The third-order valence-electron chi connectivity index (χ3n) is 1.86. The van der Waals surface area contributed by atoms with E-state index in [1.807, 2.05) is 6.07 Å². The summed E-state index contributed by atoms with van der Waals surface area (Å²) in [5, 5.41) is 8.60. The smallest absolute Gasteiger partial charge is 0.319 e. The van der Waals surface area contributed by atoms with Crippen molar-refractivity contribution in [3.8, 4) is 6.07 Å². The lowest BCUT2D eigenvalue weighted by molar-refractivity contribution is 0.0113. The highest BCUT2D eigenvalue weighted by Gasteiger charge is 2.24. The first-order chi connectivity index (χ1) is 6.15. The van der Waals surface area contributed by atoms with Crippen LogP contribution in [0.5, 0.6) is 0 Å². The van der Waals surface area contributed by atoms with Crippen molar-refractivity contribution >= 4 is 6.03 Å². The lowest BCUT2D eigenvalue weighted by atomic mass is 10.3. The molecule has 0 aliphatic carbocycles. The van der Waals surface area contributed by atoms with Gasteiger partial charge in [0, 0.05) is 20.6 Å². The van der Waals surface area contributed by atoms with E-state index in [2.05, 4.69) is 0 Å². The lowest BCUT2D eigenvalue weighted by Crippen LogP contribution is -2.48. The number of urea groups is 1. The second kappa shape index (κ2) is 4.10. The van der Waals surface area contributed by atoms with Gasteiger partial charge in [0.2, 0.25) is 0 Å². The molecule has 1 unspecified atom stereocenters. The average molecular weight is 183 g/mol. The summed E-state index contributed by atoms with van der Waals surface area (Å²) in [5.41, 5.74) is 0. The van der Waals surface area contributed by atoms with Crippen molar-refractivity contribution in [2.24, 2.45) is 0 Å². The van der Waals surface area contributed by atoms with Gasteiger partial charge in [0.1, 0.15) is 0 Å². The fraction of sp³-hybridized carbons (Fsp3) is 0.750. The molecule has 0 aromatic heterocycles. The average Bonchev–Trinajstić information content (AvgIpc) is 2.16. The van der Waals surface area contributed by atoms with E-state index in [-0.39, 0.29) is 6.03 Å². The molecule has 0 N–H and O–H groups in total. The maximum Gasteiger partial charge on any atom is 0.319 e. The minimum Gasteiger partial charge on any atom is -0.360 e. The van der Waals surface area contributed by atoms with Crippen LogP contribution in [0, 0.1) is 11.3 Å². The Labute approximate surface area is 77.5 Å². The molecule has 2 amide bonds. The number of nitriles is 1. The third kappa shape index (κ3) is 2.33. The maximum absolute atomic E-state index is 11.4. The number of amides is 2. The van der Waals surface area contributed by atoms with Crippen molar-refractivity contribution in [2.45, 2.75) is 6.10 Å². The number of hydrogen-bond acceptors (Lipinski definition) is 3. The van der Waals surface area contributed by atoms with Crippen LogP contribution in [-0.4, -0.2) is 55.7 Å². The van der Waals surface area contributed by atoms with E-state index < -0.39 is 6.10 Å². The Morgan fingerprint density at radius 1 is 1.69 bits per heavy atom. The van der Waals surface area contributed by atoms with Gasteiger partial charge >= 0.3 is 6.03 Å². The zero-order valence-electron chi connectivity index (χ0n) is 7.86. The van der Waals surface area contributed by atoms with Gasteiger partial charge in [0.15, 0.2) is 6.10 Å². The minimum atomic E-state index is -0.474. The maximum atomic E-state index is 11.4. The van der Waals surface area contributed by atoms with Crippen molar-refractivity contribution < 1.29 is 9.53 Å². The number of carbonyl (C=O) groups is 1. The van der Waals surface area contributed by atoms with Crippen LogP contribution < -0.4 is 0 Å². The van der Waals surface area contributed by atoms with Crippen LogP contribution in [-0.2, 0) is 4.74 Å². The summed E-state index contributed by atoms with van der Waals surface area (Å²) in [6, 6.07) is 1.93. The SMILES string of the molecule is CN(C)C(=O)N1CCOC(C#N)C1. The molecule has 0 aromatic rings. The van der Waals surface area contributed by atoms with Crippen molar-refractivity contribution in [3.63, 3.8) is 0 Å². The van der Waals surface area contributed by atoms with Crippen molar-refractivity contribution in [2.75, 3.05) is 33.8 Å². The molecule has 0 aromatic carbocycles. The second-order valence-electron chi connectivity index (χ2n) is 3.11. The van der Waals surface area contributed by atoms with Crippen molar-refractivity contribution in [1.82, 2.24) is 9.80 Å². The summed E-state index contributed by atoms with van der Waals surface area (Å²) < 4.78 is 5.11. The summed E-state index contributed by atoms with van der Waals surface area (Å²) in [4.78, 5) is 14.6. The fourth-order valence-corrected chi connectivity index (χ4v) is 1.18. The van der Waals surface area contributed by atoms with E-state index in [1.165, 1.54) is 4.90 Å². The molecule has 5 heteroatoms. The summed E-state index contributed by atoms with van der Waals surface area (Å²) in [7, 11) is 3.39. The highest BCUT2D eigenvalue weighted by molar-refractivity contribution is 5.74. The minimum absolute atomic E-state index is 0.0662. The standard InChI is InChI=1S/C8H13N3O2/c1-10(2)8(12)11-3-4-13-7(5-9)6-11/h7H,3-4,6H2,1-2H3. The summed E-state index contributed by atoms with van der Waals surface area (Å²) in [5.74, 6) is 0. The lowest BCUT2D eigenvalue weighted by Gasteiger charge is -2.31. The number of rotatable bonds is 0. The van der Waals surface area contributed by atoms with Gasteiger partial charge in [0.05, 0.1) is 19.2 Å². The molecule has 13 heavy (non-hydrogen) atoms. The zero-order valence-corrected chi connectivity index (χ0v) is 7.86. The molecule has 1 atom stereocenters. The van der Waals surface area contributed by atoms with Gasteiger partial charge in [-0.15, -0.1) is 0 Å². The van der Waals surface area contributed by atoms with Crippen LogP contribution in [0.1, 0.15) is 0 Å². The molecule has 0 bridgehead atoms. The van der Waals surface area contributed by atoms with E-state index in [0.29, 0.717) is 19.7 Å². The van der Waals surface area contributed by atoms with E-state index in [9.17, 15) is 4.79 Å². The largest absolute Gasteiger partial charge is 0.360 e. The summed E-state index contributed by atoms with van der Waals surface area (Å²) in [6.45, 7) is 1.38. The van der Waals surface area contributed by atoms with E-state index in [4.69, 9.17) is 10.00 Å². The van der Waals surface area contributed by atoms with Crippen LogP contribution >= 0.6 is 0 Å². The first-order valence-electron chi connectivity index (χ1n) is 4.12. The molecule has 1 fully saturated rings. The van der Waals surface area contributed by atoms with E-state index in [0.717, 1.165) is 0 Å². The summed E-state index contributed by atoms with van der Waals surface area (Å²) >= 11 is 0. The fourth-order valence-electron chi connectivity index (χ4n) is 1.18. The molecule has 0 radical (unpaired) electrons. The van der Waals surface area contributed by atoms with E-state index in [1.54, 1.807) is 19.0 Å². The van der Waals surface area contributed by atoms with Gasteiger partial charge in [-0.05, 0) is 0 Å². The predicted molar refractivity (Wildman–Crippen MR) is 46.0 cm³/mol. The third-order valence-corrected chi connectivity index (χ3v) is 1.86. The molecular weight excluding hydrogens is 170 g/mol. The molecule has 0 saturated carbocycles.